The van der Waals surface area contributed by atoms with Crippen LogP contribution in [0.5, 0.6) is 5.75 Å². The monoisotopic (exact) mass is 242 g/mol. The number of amides is 1. The second-order valence-electron chi connectivity index (χ2n) is 3.98. The fraction of sp³-hybridized carbons (Fsp3) is 0.0714. The van der Waals surface area contributed by atoms with Gasteiger partial charge in [-0.2, -0.15) is 0 Å². The maximum absolute atomic E-state index is 11.8. The van der Waals surface area contributed by atoms with Crippen molar-refractivity contribution in [2.24, 2.45) is 0 Å². The molecule has 18 heavy (non-hydrogen) atoms. The lowest BCUT2D eigenvalue weighted by Gasteiger charge is -2.06. The predicted molar refractivity (Wildman–Crippen MR) is 70.1 cm³/mol. The smallest absolute Gasteiger partial charge is 0.251 e. The van der Waals surface area contributed by atoms with Crippen molar-refractivity contribution >= 4 is 11.6 Å². The van der Waals surface area contributed by atoms with E-state index in [0.717, 1.165) is 5.56 Å². The molecule has 2 aromatic rings. The molecular formula is C14H14N2O2. The van der Waals surface area contributed by atoms with E-state index in [1.54, 1.807) is 0 Å². The van der Waals surface area contributed by atoms with Gasteiger partial charge in [0.2, 0.25) is 0 Å². The molecule has 0 saturated carbocycles. The summed E-state index contributed by atoms with van der Waals surface area (Å²) in [6.45, 7) is 0.440. The van der Waals surface area contributed by atoms with Crippen LogP contribution in [-0.4, -0.2) is 11.0 Å². The van der Waals surface area contributed by atoms with Crippen LogP contribution in [0.3, 0.4) is 0 Å². The van der Waals surface area contributed by atoms with Crippen molar-refractivity contribution in [1.29, 1.82) is 0 Å². The summed E-state index contributed by atoms with van der Waals surface area (Å²) in [5.41, 5.74) is 7.29. The third-order valence-electron chi connectivity index (χ3n) is 2.50. The van der Waals surface area contributed by atoms with Crippen molar-refractivity contribution in [3.63, 3.8) is 0 Å². The number of nitrogens with two attached hydrogens (primary N) is 1. The fourth-order valence-electron chi connectivity index (χ4n) is 1.65. The summed E-state index contributed by atoms with van der Waals surface area (Å²) in [5.74, 6) is -0.277. The molecule has 0 fully saturated rings. The van der Waals surface area contributed by atoms with Crippen LogP contribution in [0, 0.1) is 0 Å². The summed E-state index contributed by atoms with van der Waals surface area (Å²) in [5, 5.41) is 12.1. The lowest BCUT2D eigenvalue weighted by molar-refractivity contribution is 0.0950. The molecule has 0 atom stereocenters. The summed E-state index contributed by atoms with van der Waals surface area (Å²) in [6.07, 6.45) is 0. The minimum absolute atomic E-state index is 0.0140. The number of carbonyl (C=O) groups excluding carboxylic acids is 1. The van der Waals surface area contributed by atoms with Crippen molar-refractivity contribution in [3.05, 3.63) is 59.7 Å². The Bertz CT molecular complexity index is 533. The Hall–Kier alpha value is -2.49. The molecule has 0 radical (unpaired) electrons. The normalized spacial score (nSPS) is 10.0. The lowest BCUT2D eigenvalue weighted by atomic mass is 10.1. The molecule has 0 bridgehead atoms. The van der Waals surface area contributed by atoms with Gasteiger partial charge in [-0.15, -0.1) is 0 Å². The highest BCUT2D eigenvalue weighted by molar-refractivity contribution is 5.95. The molecule has 1 amide bonds. The fourth-order valence-corrected chi connectivity index (χ4v) is 1.65. The van der Waals surface area contributed by atoms with E-state index in [4.69, 9.17) is 5.73 Å². The Morgan fingerprint density at radius 3 is 2.56 bits per heavy atom. The summed E-state index contributed by atoms with van der Waals surface area (Å²) >= 11 is 0. The van der Waals surface area contributed by atoms with Crippen LogP contribution >= 0.6 is 0 Å². The summed E-state index contributed by atoms with van der Waals surface area (Å²) < 4.78 is 0. The Balaban J connectivity index is 2.04. The molecule has 2 rings (SSSR count). The quantitative estimate of drug-likeness (QED) is 0.719. The van der Waals surface area contributed by atoms with Gasteiger partial charge in [0, 0.05) is 23.9 Å². The van der Waals surface area contributed by atoms with E-state index in [0.29, 0.717) is 17.8 Å². The van der Waals surface area contributed by atoms with Gasteiger partial charge in [0.15, 0.2) is 0 Å². The van der Waals surface area contributed by atoms with Gasteiger partial charge < -0.3 is 16.2 Å². The van der Waals surface area contributed by atoms with Gasteiger partial charge in [-0.1, -0.05) is 30.3 Å². The predicted octanol–water partition coefficient (Wildman–Crippen LogP) is 1.90. The van der Waals surface area contributed by atoms with E-state index in [-0.39, 0.29) is 11.7 Å². The molecule has 4 nitrogen and oxygen atoms in total. The van der Waals surface area contributed by atoms with Crippen LogP contribution in [0.4, 0.5) is 5.69 Å². The Morgan fingerprint density at radius 1 is 1.17 bits per heavy atom. The molecule has 0 unspecified atom stereocenters. The van der Waals surface area contributed by atoms with E-state index >= 15 is 0 Å². The number of hydrogen-bond donors (Lipinski definition) is 3. The minimum atomic E-state index is -0.263. The van der Waals surface area contributed by atoms with Gasteiger partial charge in [0.1, 0.15) is 5.75 Å². The maximum atomic E-state index is 11.8. The van der Waals surface area contributed by atoms with Gasteiger partial charge in [0.25, 0.3) is 5.91 Å². The molecule has 0 heterocycles. The van der Waals surface area contributed by atoms with E-state index in [2.05, 4.69) is 5.32 Å². The molecule has 2 aromatic carbocycles. The van der Waals surface area contributed by atoms with E-state index in [9.17, 15) is 9.90 Å². The summed E-state index contributed by atoms with van der Waals surface area (Å²) in [4.78, 5) is 11.8. The molecule has 4 heteroatoms. The zero-order valence-electron chi connectivity index (χ0n) is 9.76. The second kappa shape index (κ2) is 5.23. The van der Waals surface area contributed by atoms with Crippen LogP contribution in [0.1, 0.15) is 15.9 Å². The molecule has 0 aliphatic rings. The Morgan fingerprint density at radius 2 is 1.89 bits per heavy atom. The van der Waals surface area contributed by atoms with Crippen molar-refractivity contribution in [2.45, 2.75) is 6.54 Å². The van der Waals surface area contributed by atoms with E-state index in [1.165, 1.54) is 18.2 Å². The first kappa shape index (κ1) is 12.0. The van der Waals surface area contributed by atoms with Gasteiger partial charge in [-0.05, 0) is 17.7 Å². The third-order valence-corrected chi connectivity index (χ3v) is 2.50. The third kappa shape index (κ3) is 3.01. The van der Waals surface area contributed by atoms with Gasteiger partial charge in [0.05, 0.1) is 0 Å². The van der Waals surface area contributed by atoms with Crippen molar-refractivity contribution < 1.29 is 9.90 Å². The maximum Gasteiger partial charge on any atom is 0.251 e. The zero-order valence-corrected chi connectivity index (χ0v) is 9.76. The Labute approximate surface area is 105 Å². The number of carbonyl (C=O) groups is 1. The van der Waals surface area contributed by atoms with Gasteiger partial charge in [-0.3, -0.25) is 4.79 Å². The zero-order chi connectivity index (χ0) is 13.0. The van der Waals surface area contributed by atoms with Crippen molar-refractivity contribution in [2.75, 3.05) is 5.73 Å². The highest BCUT2D eigenvalue weighted by Gasteiger charge is 2.07. The number of hydrogen-bond acceptors (Lipinski definition) is 3. The van der Waals surface area contributed by atoms with Crippen LogP contribution in [0.2, 0.25) is 0 Å². The van der Waals surface area contributed by atoms with Crippen LogP contribution in [0.25, 0.3) is 0 Å². The average molecular weight is 242 g/mol. The first-order chi connectivity index (χ1) is 8.65. The number of benzene rings is 2. The topological polar surface area (TPSA) is 75.3 Å². The average Bonchev–Trinajstić information content (AvgIpc) is 2.36. The number of aromatic hydroxyl groups is 1. The highest BCUT2D eigenvalue weighted by atomic mass is 16.3. The minimum Gasteiger partial charge on any atom is -0.508 e. The number of anilines is 1. The van der Waals surface area contributed by atoms with Crippen LogP contribution in [-0.2, 0) is 6.54 Å². The molecule has 0 saturated heterocycles. The van der Waals surface area contributed by atoms with Gasteiger partial charge >= 0.3 is 0 Å². The standard InChI is InChI=1S/C14H14N2O2/c15-12-6-11(7-13(17)8-12)14(18)16-9-10-4-2-1-3-5-10/h1-8,17H,9,15H2,(H,16,18). The lowest BCUT2D eigenvalue weighted by Crippen LogP contribution is -2.22. The summed E-state index contributed by atoms with van der Waals surface area (Å²) in [6, 6.07) is 13.9. The van der Waals surface area contributed by atoms with Crippen molar-refractivity contribution in [1.82, 2.24) is 5.32 Å². The number of nitrogens with one attached hydrogen (secondary N) is 1. The van der Waals surface area contributed by atoms with Crippen molar-refractivity contribution in [3.8, 4) is 5.75 Å². The Kier molecular flexibility index (Phi) is 3.48. The van der Waals surface area contributed by atoms with Crippen LogP contribution in [0.15, 0.2) is 48.5 Å². The molecule has 4 N–H and O–H groups in total. The molecular weight excluding hydrogens is 228 g/mol. The van der Waals surface area contributed by atoms with E-state index in [1.807, 2.05) is 30.3 Å². The van der Waals surface area contributed by atoms with Crippen LogP contribution < -0.4 is 11.1 Å². The number of phenols is 1. The number of nitrogen functional groups attached to an aromatic ring is 1. The molecule has 0 aromatic heterocycles. The van der Waals surface area contributed by atoms with E-state index < -0.39 is 0 Å². The van der Waals surface area contributed by atoms with Gasteiger partial charge in [-0.25, -0.2) is 0 Å². The summed E-state index contributed by atoms with van der Waals surface area (Å²) in [7, 11) is 0. The molecule has 0 aliphatic heterocycles. The highest BCUT2D eigenvalue weighted by Crippen LogP contribution is 2.17. The second-order valence-corrected chi connectivity index (χ2v) is 3.98. The first-order valence-corrected chi connectivity index (χ1v) is 5.57. The molecule has 92 valence electrons. The number of phenolic OH excluding ortho intramolecular Hbond substituents is 1. The first-order valence-electron chi connectivity index (χ1n) is 5.57. The SMILES string of the molecule is Nc1cc(O)cc(C(=O)NCc2ccccc2)c1. The molecule has 0 spiro atoms. The molecule has 0 aliphatic carbocycles. The number of rotatable bonds is 3. The largest absolute Gasteiger partial charge is 0.508 e.